The first-order valence-electron chi connectivity index (χ1n) is 5.14. The van der Waals surface area contributed by atoms with Gasteiger partial charge in [-0.1, -0.05) is 0 Å². The monoisotopic (exact) mass is 168 g/mol. The minimum Gasteiger partial charge on any atom is -0.298 e. The quantitative estimate of drug-likeness (QED) is 0.624. The van der Waals surface area contributed by atoms with Gasteiger partial charge in [-0.15, -0.1) is 0 Å². The number of hydrogen-bond acceptors (Lipinski definition) is 2. The van der Waals surface area contributed by atoms with Crippen molar-refractivity contribution in [3.8, 4) is 0 Å². The maximum Gasteiger partial charge on any atom is 0.0350 e. The van der Waals surface area contributed by atoms with Crippen molar-refractivity contribution < 1.29 is 0 Å². The van der Waals surface area contributed by atoms with Crippen molar-refractivity contribution in [2.45, 2.75) is 44.8 Å². The molecule has 1 saturated carbocycles. The highest BCUT2D eigenvalue weighted by molar-refractivity contribution is 4.94. The van der Waals surface area contributed by atoms with Crippen LogP contribution in [0.5, 0.6) is 0 Å². The topological polar surface area (TPSA) is 6.48 Å². The molecule has 1 saturated heterocycles. The summed E-state index contributed by atoms with van der Waals surface area (Å²) in [5.41, 5.74) is 0. The van der Waals surface area contributed by atoms with Gasteiger partial charge in [-0.2, -0.15) is 0 Å². The van der Waals surface area contributed by atoms with E-state index in [2.05, 4.69) is 30.7 Å². The first-order valence-corrected chi connectivity index (χ1v) is 5.14. The van der Waals surface area contributed by atoms with Crippen LogP contribution in [0.25, 0.3) is 0 Å². The molecule has 0 aromatic carbocycles. The lowest BCUT2D eigenvalue weighted by Crippen LogP contribution is -2.60. The van der Waals surface area contributed by atoms with Crippen LogP contribution in [0.3, 0.4) is 0 Å². The molecular weight excluding hydrogens is 148 g/mol. The minimum absolute atomic E-state index is 0.744. The van der Waals surface area contributed by atoms with Crippen molar-refractivity contribution in [3.63, 3.8) is 0 Å². The zero-order valence-corrected chi connectivity index (χ0v) is 8.45. The average molecular weight is 168 g/mol. The van der Waals surface area contributed by atoms with Gasteiger partial charge in [0, 0.05) is 31.2 Å². The highest BCUT2D eigenvalue weighted by Crippen LogP contribution is 2.30. The molecule has 2 nitrogen and oxygen atoms in total. The van der Waals surface area contributed by atoms with E-state index in [1.807, 2.05) is 0 Å². The molecule has 0 amide bonds. The minimum atomic E-state index is 0.744. The molecule has 2 heteroatoms. The van der Waals surface area contributed by atoms with Gasteiger partial charge in [-0.05, 0) is 33.7 Å². The molecule has 0 radical (unpaired) electrons. The molecule has 2 fully saturated rings. The normalized spacial score (nSPS) is 26.8. The molecule has 0 aromatic heterocycles. The number of nitrogens with zero attached hydrogens (tertiary/aromatic N) is 2. The highest BCUT2D eigenvalue weighted by Gasteiger charge is 2.37. The Morgan fingerprint density at radius 3 is 2.17 bits per heavy atom. The molecule has 0 spiro atoms. The van der Waals surface area contributed by atoms with Gasteiger partial charge in [-0.3, -0.25) is 9.80 Å². The predicted octanol–water partition coefficient (Wildman–Crippen LogP) is 1.17. The van der Waals surface area contributed by atoms with E-state index in [0.717, 1.165) is 18.1 Å². The summed E-state index contributed by atoms with van der Waals surface area (Å²) < 4.78 is 0. The molecule has 1 aliphatic carbocycles. The van der Waals surface area contributed by atoms with Crippen LogP contribution < -0.4 is 0 Å². The first kappa shape index (κ1) is 8.52. The van der Waals surface area contributed by atoms with Crippen LogP contribution in [-0.4, -0.2) is 48.1 Å². The molecule has 1 aliphatic heterocycles. The fraction of sp³-hybridized carbons (Fsp3) is 1.00. The number of likely N-dealkylation sites (N-methyl/N-ethyl adjacent to an activating group) is 1. The Labute approximate surface area is 75.5 Å². The third-order valence-corrected chi connectivity index (χ3v) is 3.32. The highest BCUT2D eigenvalue weighted by atomic mass is 15.3. The predicted molar refractivity (Wildman–Crippen MR) is 51.3 cm³/mol. The molecule has 70 valence electrons. The van der Waals surface area contributed by atoms with E-state index in [0.29, 0.717) is 0 Å². The number of likely N-dealkylation sites (tertiary alicyclic amines) is 1. The summed E-state index contributed by atoms with van der Waals surface area (Å²) >= 11 is 0. The SMILES string of the molecule is CC(C)N1CC(N(C)C2CC2)C1. The summed E-state index contributed by atoms with van der Waals surface area (Å²) in [6.45, 7) is 7.16. The summed E-state index contributed by atoms with van der Waals surface area (Å²) in [6.07, 6.45) is 2.88. The van der Waals surface area contributed by atoms with Crippen LogP contribution in [0, 0.1) is 0 Å². The lowest BCUT2D eigenvalue weighted by atomic mass is 10.1. The van der Waals surface area contributed by atoms with E-state index in [1.165, 1.54) is 25.9 Å². The maximum atomic E-state index is 2.58. The standard InChI is InChI=1S/C10H20N2/c1-8(2)12-6-10(7-12)11(3)9-4-5-9/h8-10H,4-7H2,1-3H3. The maximum absolute atomic E-state index is 2.58. The lowest BCUT2D eigenvalue weighted by molar-refractivity contribution is 0.0232. The van der Waals surface area contributed by atoms with Gasteiger partial charge >= 0.3 is 0 Å². The van der Waals surface area contributed by atoms with E-state index in [4.69, 9.17) is 0 Å². The second kappa shape index (κ2) is 3.00. The van der Waals surface area contributed by atoms with Gasteiger partial charge in [0.1, 0.15) is 0 Å². The van der Waals surface area contributed by atoms with Crippen LogP contribution >= 0.6 is 0 Å². The molecule has 0 unspecified atom stereocenters. The van der Waals surface area contributed by atoms with Crippen LogP contribution in [0.2, 0.25) is 0 Å². The fourth-order valence-corrected chi connectivity index (χ4v) is 1.95. The van der Waals surface area contributed by atoms with Crippen LogP contribution in [-0.2, 0) is 0 Å². The molecule has 2 aliphatic rings. The molecule has 0 N–H and O–H groups in total. The van der Waals surface area contributed by atoms with E-state index < -0.39 is 0 Å². The summed E-state index contributed by atoms with van der Waals surface area (Å²) in [5.74, 6) is 0. The zero-order valence-electron chi connectivity index (χ0n) is 8.45. The smallest absolute Gasteiger partial charge is 0.0350 e. The molecule has 0 aromatic rings. The van der Waals surface area contributed by atoms with Gasteiger partial charge in [0.15, 0.2) is 0 Å². The molecule has 0 bridgehead atoms. The van der Waals surface area contributed by atoms with Gasteiger partial charge in [0.05, 0.1) is 0 Å². The van der Waals surface area contributed by atoms with Crippen molar-refractivity contribution in [1.29, 1.82) is 0 Å². The van der Waals surface area contributed by atoms with Crippen LogP contribution in [0.1, 0.15) is 26.7 Å². The van der Waals surface area contributed by atoms with Crippen molar-refractivity contribution in [2.24, 2.45) is 0 Å². The fourth-order valence-electron chi connectivity index (χ4n) is 1.95. The molecular formula is C10H20N2. The van der Waals surface area contributed by atoms with E-state index >= 15 is 0 Å². The Kier molecular flexibility index (Phi) is 2.13. The average Bonchev–Trinajstić information content (AvgIpc) is 2.62. The molecule has 1 heterocycles. The molecule has 0 atom stereocenters. The summed E-state index contributed by atoms with van der Waals surface area (Å²) in [7, 11) is 2.29. The Morgan fingerprint density at radius 2 is 1.75 bits per heavy atom. The Balaban J connectivity index is 1.73. The molecule has 2 rings (SSSR count). The second-order valence-corrected chi connectivity index (χ2v) is 4.60. The van der Waals surface area contributed by atoms with E-state index in [1.54, 1.807) is 0 Å². The third-order valence-electron chi connectivity index (χ3n) is 3.32. The molecule has 12 heavy (non-hydrogen) atoms. The largest absolute Gasteiger partial charge is 0.298 e. The van der Waals surface area contributed by atoms with Crippen LogP contribution in [0.4, 0.5) is 0 Å². The van der Waals surface area contributed by atoms with Gasteiger partial charge in [0.25, 0.3) is 0 Å². The first-order chi connectivity index (χ1) is 5.68. The summed E-state index contributed by atoms with van der Waals surface area (Å²) in [4.78, 5) is 5.13. The van der Waals surface area contributed by atoms with Crippen molar-refractivity contribution >= 4 is 0 Å². The Hall–Kier alpha value is -0.0800. The summed E-state index contributed by atoms with van der Waals surface area (Å²) in [5, 5.41) is 0. The Bertz CT molecular complexity index is 157. The van der Waals surface area contributed by atoms with Crippen molar-refractivity contribution in [1.82, 2.24) is 9.80 Å². The van der Waals surface area contributed by atoms with Gasteiger partial charge in [0.2, 0.25) is 0 Å². The third kappa shape index (κ3) is 1.50. The number of hydrogen-bond donors (Lipinski definition) is 0. The van der Waals surface area contributed by atoms with Crippen LogP contribution in [0.15, 0.2) is 0 Å². The van der Waals surface area contributed by atoms with E-state index in [-0.39, 0.29) is 0 Å². The van der Waals surface area contributed by atoms with Crippen molar-refractivity contribution in [3.05, 3.63) is 0 Å². The van der Waals surface area contributed by atoms with Gasteiger partial charge < -0.3 is 0 Å². The van der Waals surface area contributed by atoms with Crippen molar-refractivity contribution in [2.75, 3.05) is 20.1 Å². The lowest BCUT2D eigenvalue weighted by Gasteiger charge is -2.46. The van der Waals surface area contributed by atoms with E-state index in [9.17, 15) is 0 Å². The summed E-state index contributed by atoms with van der Waals surface area (Å²) in [6, 6.07) is 2.54. The van der Waals surface area contributed by atoms with Gasteiger partial charge in [-0.25, -0.2) is 0 Å². The zero-order chi connectivity index (χ0) is 8.72. The second-order valence-electron chi connectivity index (χ2n) is 4.60. The number of rotatable bonds is 3. The Morgan fingerprint density at radius 1 is 1.17 bits per heavy atom.